The molecule has 0 spiro atoms. The van der Waals surface area contributed by atoms with E-state index in [1.807, 2.05) is 12.1 Å². The minimum absolute atomic E-state index is 0.293. The van der Waals surface area contributed by atoms with E-state index >= 15 is 0 Å². The summed E-state index contributed by atoms with van der Waals surface area (Å²) in [5.41, 5.74) is 0. The van der Waals surface area contributed by atoms with Crippen LogP contribution in [0.15, 0.2) is 22.8 Å². The molecule has 1 aliphatic heterocycles. The molecule has 1 N–H and O–H groups in total. The molecular weight excluding hydrogens is 250 g/mol. The second-order valence-corrected chi connectivity index (χ2v) is 6.20. The summed E-state index contributed by atoms with van der Waals surface area (Å²) < 4.78 is 5.40. The molecule has 0 amide bonds. The van der Waals surface area contributed by atoms with Gasteiger partial charge < -0.3 is 19.5 Å². The Morgan fingerprint density at radius 2 is 2.20 bits per heavy atom. The van der Waals surface area contributed by atoms with Crippen LogP contribution in [0, 0.1) is 5.92 Å². The van der Waals surface area contributed by atoms with Crippen molar-refractivity contribution in [2.75, 3.05) is 46.8 Å². The first-order valence-electron chi connectivity index (χ1n) is 7.79. The zero-order valence-corrected chi connectivity index (χ0v) is 13.1. The predicted molar refractivity (Wildman–Crippen MR) is 82.8 cm³/mol. The molecule has 114 valence electrons. The zero-order valence-electron chi connectivity index (χ0n) is 13.1. The Balaban J connectivity index is 1.59. The smallest absolute Gasteiger partial charge is 0.120 e. The molecule has 1 atom stereocenters. The number of nitrogens with zero attached hydrogens (tertiary/aromatic N) is 2. The van der Waals surface area contributed by atoms with Gasteiger partial charge in [-0.15, -0.1) is 0 Å². The van der Waals surface area contributed by atoms with Crippen molar-refractivity contribution in [3.05, 3.63) is 24.2 Å². The average molecular weight is 279 g/mol. The van der Waals surface area contributed by atoms with Crippen molar-refractivity contribution in [3.63, 3.8) is 0 Å². The quantitative estimate of drug-likeness (QED) is 0.829. The summed E-state index contributed by atoms with van der Waals surface area (Å²) in [6.07, 6.45) is 4.42. The van der Waals surface area contributed by atoms with E-state index in [9.17, 15) is 0 Å². The van der Waals surface area contributed by atoms with Gasteiger partial charge in [0.05, 0.1) is 12.3 Å². The molecule has 1 unspecified atom stereocenters. The highest BCUT2D eigenvalue weighted by Gasteiger charge is 2.18. The molecular formula is C16H29N3O. The molecule has 20 heavy (non-hydrogen) atoms. The van der Waals surface area contributed by atoms with Gasteiger partial charge in [-0.1, -0.05) is 0 Å². The van der Waals surface area contributed by atoms with Crippen LogP contribution in [-0.4, -0.2) is 56.6 Å². The lowest BCUT2D eigenvalue weighted by atomic mass is 9.97. The van der Waals surface area contributed by atoms with Crippen LogP contribution in [0.25, 0.3) is 0 Å². The van der Waals surface area contributed by atoms with Crippen molar-refractivity contribution < 1.29 is 4.42 Å². The van der Waals surface area contributed by atoms with Gasteiger partial charge in [0.1, 0.15) is 5.76 Å². The molecule has 2 rings (SSSR count). The molecule has 1 aromatic rings. The Kier molecular flexibility index (Phi) is 6.07. The first kappa shape index (κ1) is 15.5. The van der Waals surface area contributed by atoms with Crippen LogP contribution in [0.3, 0.4) is 0 Å². The van der Waals surface area contributed by atoms with Crippen LogP contribution < -0.4 is 5.32 Å². The summed E-state index contributed by atoms with van der Waals surface area (Å²) in [5.74, 6) is 1.89. The lowest BCUT2D eigenvalue weighted by Gasteiger charge is -2.31. The van der Waals surface area contributed by atoms with E-state index in [0.29, 0.717) is 6.04 Å². The number of piperidine rings is 1. The maximum Gasteiger partial charge on any atom is 0.120 e. The molecule has 0 bridgehead atoms. The fourth-order valence-corrected chi connectivity index (χ4v) is 2.89. The molecule has 1 aromatic heterocycles. The molecule has 4 heteroatoms. The fraction of sp³-hybridized carbons (Fsp3) is 0.750. The van der Waals surface area contributed by atoms with Gasteiger partial charge in [0, 0.05) is 19.6 Å². The van der Waals surface area contributed by atoms with Crippen molar-refractivity contribution >= 4 is 0 Å². The molecule has 0 aromatic carbocycles. The number of likely N-dealkylation sites (N-methyl/N-ethyl adjacent to an activating group) is 1. The van der Waals surface area contributed by atoms with E-state index < -0.39 is 0 Å². The highest BCUT2D eigenvalue weighted by molar-refractivity contribution is 5.02. The molecule has 0 aliphatic carbocycles. The Morgan fingerprint density at radius 1 is 1.45 bits per heavy atom. The maximum absolute atomic E-state index is 5.40. The Bertz CT molecular complexity index is 358. The van der Waals surface area contributed by atoms with Crippen LogP contribution in [0.1, 0.15) is 31.6 Å². The van der Waals surface area contributed by atoms with Gasteiger partial charge >= 0.3 is 0 Å². The van der Waals surface area contributed by atoms with E-state index in [0.717, 1.165) is 24.8 Å². The summed E-state index contributed by atoms with van der Waals surface area (Å²) in [7, 11) is 4.46. The van der Waals surface area contributed by atoms with Gasteiger partial charge in [0.25, 0.3) is 0 Å². The van der Waals surface area contributed by atoms with Crippen LogP contribution >= 0.6 is 0 Å². The van der Waals surface area contributed by atoms with Crippen LogP contribution in [-0.2, 0) is 0 Å². The normalized spacial score (nSPS) is 19.6. The summed E-state index contributed by atoms with van der Waals surface area (Å²) in [6.45, 7) is 7.99. The highest BCUT2D eigenvalue weighted by Crippen LogP contribution is 2.16. The lowest BCUT2D eigenvalue weighted by Crippen LogP contribution is -2.38. The SMILES string of the molecule is CC(NCCN(C)CC1CCN(C)CC1)c1ccco1. The second kappa shape index (κ2) is 7.81. The van der Waals surface area contributed by atoms with Crippen LogP contribution in [0.2, 0.25) is 0 Å². The Labute approximate surface area is 123 Å². The first-order chi connectivity index (χ1) is 9.65. The van der Waals surface area contributed by atoms with E-state index in [2.05, 4.69) is 36.1 Å². The molecule has 1 fully saturated rings. The monoisotopic (exact) mass is 279 g/mol. The molecule has 0 radical (unpaired) electrons. The third-order valence-electron chi connectivity index (χ3n) is 4.32. The van der Waals surface area contributed by atoms with E-state index in [-0.39, 0.29) is 0 Å². The zero-order chi connectivity index (χ0) is 14.4. The van der Waals surface area contributed by atoms with Gasteiger partial charge in [-0.25, -0.2) is 0 Å². The summed E-state index contributed by atoms with van der Waals surface area (Å²) in [4.78, 5) is 4.89. The standard InChI is InChI=1S/C16H29N3O/c1-14(16-5-4-12-20-16)17-8-11-19(3)13-15-6-9-18(2)10-7-15/h4-5,12,14-15,17H,6-11,13H2,1-3H3. The van der Waals surface area contributed by atoms with Crippen molar-refractivity contribution in [1.29, 1.82) is 0 Å². The van der Waals surface area contributed by atoms with Crippen molar-refractivity contribution in [1.82, 2.24) is 15.1 Å². The Hall–Kier alpha value is -0.840. The van der Waals surface area contributed by atoms with Crippen LogP contribution in [0.5, 0.6) is 0 Å². The van der Waals surface area contributed by atoms with Crippen molar-refractivity contribution in [2.24, 2.45) is 5.92 Å². The number of hydrogen-bond acceptors (Lipinski definition) is 4. The van der Waals surface area contributed by atoms with Crippen molar-refractivity contribution in [2.45, 2.75) is 25.8 Å². The molecule has 0 saturated carbocycles. The van der Waals surface area contributed by atoms with Gasteiger partial charge in [0.2, 0.25) is 0 Å². The number of likely N-dealkylation sites (tertiary alicyclic amines) is 1. The highest BCUT2D eigenvalue weighted by atomic mass is 16.3. The number of rotatable bonds is 7. The van der Waals surface area contributed by atoms with E-state index in [1.54, 1.807) is 6.26 Å². The molecule has 2 heterocycles. The summed E-state index contributed by atoms with van der Waals surface area (Å²) in [6, 6.07) is 4.27. The van der Waals surface area contributed by atoms with Crippen molar-refractivity contribution in [3.8, 4) is 0 Å². The number of hydrogen-bond donors (Lipinski definition) is 1. The summed E-state index contributed by atoms with van der Waals surface area (Å²) >= 11 is 0. The third-order valence-corrected chi connectivity index (χ3v) is 4.32. The second-order valence-electron chi connectivity index (χ2n) is 6.20. The van der Waals surface area contributed by atoms with Gasteiger partial charge in [-0.05, 0) is 65.0 Å². The molecule has 4 nitrogen and oxygen atoms in total. The van der Waals surface area contributed by atoms with E-state index in [4.69, 9.17) is 4.42 Å². The predicted octanol–water partition coefficient (Wildman–Crippen LogP) is 2.20. The summed E-state index contributed by atoms with van der Waals surface area (Å²) in [5, 5.41) is 3.52. The van der Waals surface area contributed by atoms with Gasteiger partial charge in [-0.3, -0.25) is 0 Å². The van der Waals surface area contributed by atoms with Gasteiger partial charge in [0.15, 0.2) is 0 Å². The fourth-order valence-electron chi connectivity index (χ4n) is 2.89. The third kappa shape index (κ3) is 4.93. The lowest BCUT2D eigenvalue weighted by molar-refractivity contribution is 0.176. The minimum atomic E-state index is 0.293. The number of furan rings is 1. The first-order valence-corrected chi connectivity index (χ1v) is 7.79. The Morgan fingerprint density at radius 3 is 2.85 bits per heavy atom. The average Bonchev–Trinajstić information content (AvgIpc) is 2.95. The minimum Gasteiger partial charge on any atom is -0.468 e. The molecule has 1 aliphatic rings. The number of nitrogens with one attached hydrogen (secondary N) is 1. The largest absolute Gasteiger partial charge is 0.468 e. The van der Waals surface area contributed by atoms with Gasteiger partial charge in [-0.2, -0.15) is 0 Å². The molecule has 1 saturated heterocycles. The van der Waals surface area contributed by atoms with Crippen LogP contribution in [0.4, 0.5) is 0 Å². The maximum atomic E-state index is 5.40. The van der Waals surface area contributed by atoms with E-state index in [1.165, 1.54) is 32.5 Å². The topological polar surface area (TPSA) is 31.6 Å².